The highest BCUT2D eigenvalue weighted by molar-refractivity contribution is 7.99. The van der Waals surface area contributed by atoms with Gasteiger partial charge in [0.15, 0.2) is 0 Å². The average molecular weight is 362 g/mol. The summed E-state index contributed by atoms with van der Waals surface area (Å²) in [5.74, 6) is 1.71. The number of alkyl halides is 1. The van der Waals surface area contributed by atoms with Crippen LogP contribution in [0, 0.1) is 0 Å². The Morgan fingerprint density at radius 3 is 2.71 bits per heavy atom. The second-order valence-electron chi connectivity index (χ2n) is 5.68. The number of thioether (sulfide) groups is 1. The van der Waals surface area contributed by atoms with E-state index in [0.717, 1.165) is 29.2 Å². The van der Waals surface area contributed by atoms with Gasteiger partial charge in [-0.15, -0.1) is 23.4 Å². The van der Waals surface area contributed by atoms with Crippen LogP contribution < -0.4 is 4.74 Å². The van der Waals surface area contributed by atoms with Crippen LogP contribution in [0.1, 0.15) is 23.4 Å². The van der Waals surface area contributed by atoms with Gasteiger partial charge in [0.1, 0.15) is 23.1 Å². The van der Waals surface area contributed by atoms with Crippen molar-refractivity contribution in [1.82, 2.24) is 4.90 Å². The van der Waals surface area contributed by atoms with Crippen LogP contribution >= 0.6 is 23.4 Å². The van der Waals surface area contributed by atoms with Gasteiger partial charge in [-0.2, -0.15) is 0 Å². The Morgan fingerprint density at radius 2 is 1.96 bits per heavy atom. The first-order chi connectivity index (χ1) is 11.7. The van der Waals surface area contributed by atoms with Crippen LogP contribution in [0.3, 0.4) is 0 Å². The van der Waals surface area contributed by atoms with Crippen LogP contribution in [0.5, 0.6) is 5.75 Å². The van der Waals surface area contributed by atoms with Crippen LogP contribution in [0.4, 0.5) is 0 Å². The number of nitrogens with zero attached hydrogens (tertiary/aromatic N) is 1. The molecule has 0 radical (unpaired) electrons. The summed E-state index contributed by atoms with van der Waals surface area (Å²) in [6.07, 6.45) is 0. The highest BCUT2D eigenvalue weighted by Crippen LogP contribution is 2.42. The van der Waals surface area contributed by atoms with E-state index in [9.17, 15) is 4.79 Å². The number of ether oxygens (including phenoxy) is 1. The van der Waals surface area contributed by atoms with Crippen molar-refractivity contribution in [2.45, 2.75) is 24.3 Å². The molecule has 0 unspecified atom stereocenters. The molecule has 1 fully saturated rings. The van der Waals surface area contributed by atoms with Crippen LogP contribution in [0.25, 0.3) is 0 Å². The van der Waals surface area contributed by atoms with E-state index in [4.69, 9.17) is 16.3 Å². The minimum Gasteiger partial charge on any atom is -0.489 e. The SMILES string of the molecule is C[C@H](Cl)C(=O)N1CCS[C@@H]1c1ccccc1OCc1ccccc1. The van der Waals surface area contributed by atoms with Gasteiger partial charge >= 0.3 is 0 Å². The molecule has 5 heteroatoms. The zero-order valence-corrected chi connectivity index (χ0v) is 15.1. The van der Waals surface area contributed by atoms with E-state index < -0.39 is 5.38 Å². The van der Waals surface area contributed by atoms with Gasteiger partial charge in [-0.25, -0.2) is 0 Å². The molecular weight excluding hydrogens is 342 g/mol. The first kappa shape index (κ1) is 17.2. The Labute approximate surface area is 151 Å². The lowest BCUT2D eigenvalue weighted by atomic mass is 10.1. The predicted octanol–water partition coefficient (Wildman–Crippen LogP) is 4.47. The highest BCUT2D eigenvalue weighted by Gasteiger charge is 2.34. The maximum absolute atomic E-state index is 12.4. The molecule has 126 valence electrons. The second kappa shape index (κ2) is 7.95. The topological polar surface area (TPSA) is 29.5 Å². The lowest BCUT2D eigenvalue weighted by Gasteiger charge is -2.26. The van der Waals surface area contributed by atoms with Gasteiger partial charge in [0.25, 0.3) is 0 Å². The van der Waals surface area contributed by atoms with Crippen molar-refractivity contribution < 1.29 is 9.53 Å². The molecular formula is C19H20ClNO2S. The summed E-state index contributed by atoms with van der Waals surface area (Å²) in [6, 6.07) is 18.0. The number of halogens is 1. The predicted molar refractivity (Wildman–Crippen MR) is 99.4 cm³/mol. The number of para-hydroxylation sites is 1. The molecule has 2 atom stereocenters. The summed E-state index contributed by atoms with van der Waals surface area (Å²) < 4.78 is 6.04. The standard InChI is InChI=1S/C19H20ClNO2S/c1-14(20)18(22)21-11-12-24-19(21)16-9-5-6-10-17(16)23-13-15-7-3-2-4-8-15/h2-10,14,19H,11-13H2,1H3/t14-,19+/m0/s1. The van der Waals surface area contributed by atoms with Gasteiger partial charge in [0, 0.05) is 17.9 Å². The number of amides is 1. The number of hydrogen-bond acceptors (Lipinski definition) is 3. The van der Waals surface area contributed by atoms with Gasteiger partial charge in [-0.3, -0.25) is 4.79 Å². The summed E-state index contributed by atoms with van der Waals surface area (Å²) >= 11 is 7.76. The van der Waals surface area contributed by atoms with E-state index in [1.54, 1.807) is 18.7 Å². The van der Waals surface area contributed by atoms with Crippen LogP contribution in [-0.2, 0) is 11.4 Å². The molecule has 1 heterocycles. The van der Waals surface area contributed by atoms with Crippen molar-refractivity contribution in [2.24, 2.45) is 0 Å². The first-order valence-corrected chi connectivity index (χ1v) is 9.47. The third-order valence-electron chi connectivity index (χ3n) is 3.94. The number of rotatable bonds is 5. The normalized spacial score (nSPS) is 18.4. The van der Waals surface area contributed by atoms with Gasteiger partial charge < -0.3 is 9.64 Å². The van der Waals surface area contributed by atoms with Crippen LogP contribution in [0.2, 0.25) is 0 Å². The number of hydrogen-bond donors (Lipinski definition) is 0. The fraction of sp³-hybridized carbons (Fsp3) is 0.316. The zero-order chi connectivity index (χ0) is 16.9. The van der Waals surface area contributed by atoms with Gasteiger partial charge in [0.2, 0.25) is 5.91 Å². The maximum atomic E-state index is 12.4. The quantitative estimate of drug-likeness (QED) is 0.736. The Morgan fingerprint density at radius 1 is 1.25 bits per heavy atom. The highest BCUT2D eigenvalue weighted by atomic mass is 35.5. The molecule has 0 saturated carbocycles. The van der Waals surface area contributed by atoms with Crippen molar-refractivity contribution >= 4 is 29.3 Å². The van der Waals surface area contributed by atoms with E-state index in [0.29, 0.717) is 6.61 Å². The number of benzene rings is 2. The summed E-state index contributed by atoms with van der Waals surface area (Å²) in [6.45, 7) is 2.95. The molecule has 24 heavy (non-hydrogen) atoms. The lowest BCUT2D eigenvalue weighted by Crippen LogP contribution is -2.35. The summed E-state index contributed by atoms with van der Waals surface area (Å²) in [5.41, 5.74) is 2.15. The molecule has 2 aromatic carbocycles. The fourth-order valence-corrected chi connectivity index (χ4v) is 4.15. The lowest BCUT2D eigenvalue weighted by molar-refractivity contribution is -0.130. The minimum absolute atomic E-state index is 0.0236. The average Bonchev–Trinajstić information content (AvgIpc) is 3.09. The van der Waals surface area contributed by atoms with Gasteiger partial charge in [-0.05, 0) is 18.6 Å². The Bertz CT molecular complexity index is 693. The maximum Gasteiger partial charge on any atom is 0.241 e. The molecule has 0 N–H and O–H groups in total. The van der Waals surface area contributed by atoms with E-state index in [1.165, 1.54) is 0 Å². The van der Waals surface area contributed by atoms with Crippen LogP contribution in [0.15, 0.2) is 54.6 Å². The smallest absolute Gasteiger partial charge is 0.241 e. The molecule has 3 nitrogen and oxygen atoms in total. The summed E-state index contributed by atoms with van der Waals surface area (Å²) in [5, 5.41) is -0.547. The molecule has 1 saturated heterocycles. The van der Waals surface area contributed by atoms with Crippen molar-refractivity contribution in [3.63, 3.8) is 0 Å². The molecule has 1 amide bonds. The monoisotopic (exact) mass is 361 g/mol. The van der Waals surface area contributed by atoms with Crippen LogP contribution in [-0.4, -0.2) is 28.5 Å². The van der Waals surface area contributed by atoms with Crippen molar-refractivity contribution in [3.05, 3.63) is 65.7 Å². The molecule has 1 aliphatic rings. The first-order valence-electron chi connectivity index (χ1n) is 7.98. The number of carbonyl (C=O) groups is 1. The van der Waals surface area contributed by atoms with Crippen molar-refractivity contribution in [2.75, 3.05) is 12.3 Å². The number of carbonyl (C=O) groups excluding carboxylic acids is 1. The third kappa shape index (κ3) is 3.87. The molecule has 0 aliphatic carbocycles. The Balaban J connectivity index is 1.79. The van der Waals surface area contributed by atoms with Crippen molar-refractivity contribution in [1.29, 1.82) is 0 Å². The van der Waals surface area contributed by atoms with Crippen molar-refractivity contribution in [3.8, 4) is 5.75 Å². The minimum atomic E-state index is -0.511. The molecule has 0 bridgehead atoms. The Hall–Kier alpha value is -1.65. The van der Waals surface area contributed by atoms with E-state index >= 15 is 0 Å². The third-order valence-corrected chi connectivity index (χ3v) is 5.37. The van der Waals surface area contributed by atoms with Gasteiger partial charge in [-0.1, -0.05) is 48.5 Å². The molecule has 2 aromatic rings. The van der Waals surface area contributed by atoms with E-state index in [1.807, 2.05) is 59.5 Å². The summed E-state index contributed by atoms with van der Waals surface area (Å²) in [4.78, 5) is 14.2. The zero-order valence-electron chi connectivity index (χ0n) is 13.5. The van der Waals surface area contributed by atoms with E-state index in [-0.39, 0.29) is 11.3 Å². The molecule has 0 aromatic heterocycles. The Kier molecular flexibility index (Phi) is 5.69. The molecule has 0 spiro atoms. The summed E-state index contributed by atoms with van der Waals surface area (Å²) in [7, 11) is 0. The molecule has 1 aliphatic heterocycles. The largest absolute Gasteiger partial charge is 0.489 e. The van der Waals surface area contributed by atoms with Gasteiger partial charge in [0.05, 0.1) is 0 Å². The van der Waals surface area contributed by atoms with E-state index in [2.05, 4.69) is 0 Å². The fourth-order valence-electron chi connectivity index (χ4n) is 2.73. The molecule has 3 rings (SSSR count). The second-order valence-corrected chi connectivity index (χ2v) is 7.53.